The van der Waals surface area contributed by atoms with E-state index in [2.05, 4.69) is 5.10 Å². The summed E-state index contributed by atoms with van der Waals surface area (Å²) in [6.07, 6.45) is 1.53. The van der Waals surface area contributed by atoms with Gasteiger partial charge in [0.2, 0.25) is 10.0 Å². The van der Waals surface area contributed by atoms with Crippen molar-refractivity contribution in [1.29, 1.82) is 0 Å². The molecule has 0 saturated heterocycles. The van der Waals surface area contributed by atoms with Crippen LogP contribution in [0.4, 0.5) is 5.69 Å². The minimum Gasteiger partial charge on any atom is -0.478 e. The molecule has 0 atom stereocenters. The van der Waals surface area contributed by atoms with Gasteiger partial charge < -0.3 is 9.52 Å². The molecule has 1 aromatic heterocycles. The molecular formula is C22H16ClN3O6S. The van der Waals surface area contributed by atoms with Crippen molar-refractivity contribution in [1.82, 2.24) is 0 Å². The number of halogens is 1. The molecule has 1 aliphatic rings. The van der Waals surface area contributed by atoms with Crippen molar-refractivity contribution in [3.63, 3.8) is 0 Å². The van der Waals surface area contributed by atoms with Crippen LogP contribution < -0.4 is 10.1 Å². The SMILES string of the molecule is CC1=NN(c2ccc(Cl)c(C(=O)O)c2)C(=O)/C1=C/c1ccc(-c2ccc(S(N)(=O)=O)cc2)o1. The van der Waals surface area contributed by atoms with Crippen molar-refractivity contribution >= 4 is 51.0 Å². The van der Waals surface area contributed by atoms with Gasteiger partial charge in [-0.1, -0.05) is 11.6 Å². The smallest absolute Gasteiger partial charge is 0.337 e. The third-order valence-corrected chi connectivity index (χ3v) is 6.13. The first kappa shape index (κ1) is 22.5. The summed E-state index contributed by atoms with van der Waals surface area (Å²) < 4.78 is 28.6. The van der Waals surface area contributed by atoms with E-state index in [0.717, 1.165) is 5.01 Å². The van der Waals surface area contributed by atoms with Crippen LogP contribution in [0, 0.1) is 0 Å². The number of carboxylic acid groups (broad SMARTS) is 1. The summed E-state index contributed by atoms with van der Waals surface area (Å²) in [6.45, 7) is 1.65. The lowest BCUT2D eigenvalue weighted by atomic mass is 10.1. The lowest BCUT2D eigenvalue weighted by Gasteiger charge is -2.12. The van der Waals surface area contributed by atoms with Crippen LogP contribution in [0.1, 0.15) is 23.0 Å². The van der Waals surface area contributed by atoms with E-state index in [1.165, 1.54) is 36.4 Å². The van der Waals surface area contributed by atoms with E-state index in [1.807, 2.05) is 0 Å². The third kappa shape index (κ3) is 4.44. The molecule has 0 unspecified atom stereocenters. The van der Waals surface area contributed by atoms with E-state index >= 15 is 0 Å². The van der Waals surface area contributed by atoms with Crippen LogP contribution in [0.2, 0.25) is 5.02 Å². The number of furan rings is 1. The van der Waals surface area contributed by atoms with Gasteiger partial charge in [-0.15, -0.1) is 0 Å². The second-order valence-electron chi connectivity index (χ2n) is 7.10. The first-order valence-corrected chi connectivity index (χ1v) is 11.3. The highest BCUT2D eigenvalue weighted by Gasteiger charge is 2.30. The first-order valence-electron chi connectivity index (χ1n) is 9.42. The van der Waals surface area contributed by atoms with E-state index in [0.29, 0.717) is 22.8 Å². The Bertz CT molecular complexity index is 1460. The molecule has 9 nitrogen and oxygen atoms in total. The Kier molecular flexibility index (Phi) is 5.66. The van der Waals surface area contributed by atoms with Crippen molar-refractivity contribution in [2.75, 3.05) is 5.01 Å². The van der Waals surface area contributed by atoms with Crippen LogP contribution in [-0.2, 0) is 14.8 Å². The number of carbonyl (C=O) groups is 2. The molecular weight excluding hydrogens is 470 g/mol. The van der Waals surface area contributed by atoms with Crippen molar-refractivity contribution in [3.05, 3.63) is 76.5 Å². The molecule has 1 aliphatic heterocycles. The fraction of sp³-hybridized carbons (Fsp3) is 0.0455. The molecule has 4 rings (SSSR count). The fourth-order valence-corrected chi connectivity index (χ4v) is 3.92. The van der Waals surface area contributed by atoms with Crippen molar-refractivity contribution in [3.8, 4) is 11.3 Å². The number of rotatable bonds is 5. The first-order chi connectivity index (χ1) is 15.5. The Morgan fingerprint density at radius 3 is 2.48 bits per heavy atom. The highest BCUT2D eigenvalue weighted by molar-refractivity contribution is 7.89. The predicted octanol–water partition coefficient (Wildman–Crippen LogP) is 3.75. The summed E-state index contributed by atoms with van der Waals surface area (Å²) in [4.78, 5) is 24.3. The standard InChI is InChI=1S/C22H16ClN3O6S/c1-12-17(21(27)26(25-12)14-4-8-19(23)18(10-14)22(28)29)11-15-5-9-20(32-15)13-2-6-16(7-3-13)33(24,30)31/h2-11H,1H3,(H,28,29)(H2,24,30,31)/b17-11+. The largest absolute Gasteiger partial charge is 0.478 e. The number of carboxylic acids is 1. The van der Waals surface area contributed by atoms with Crippen LogP contribution in [0.25, 0.3) is 17.4 Å². The van der Waals surface area contributed by atoms with Crippen molar-refractivity contribution < 1.29 is 27.5 Å². The van der Waals surface area contributed by atoms with Gasteiger partial charge in [0.05, 0.1) is 32.5 Å². The molecule has 0 fully saturated rings. The Balaban J connectivity index is 1.60. The minimum absolute atomic E-state index is 0.0168. The summed E-state index contributed by atoms with van der Waals surface area (Å²) in [5, 5.41) is 19.8. The van der Waals surface area contributed by atoms with Gasteiger partial charge in [-0.2, -0.15) is 10.1 Å². The normalized spacial score (nSPS) is 15.2. The number of primary sulfonamides is 1. The van der Waals surface area contributed by atoms with E-state index in [1.54, 1.807) is 31.2 Å². The zero-order valence-electron chi connectivity index (χ0n) is 17.0. The molecule has 168 valence electrons. The summed E-state index contributed by atoms with van der Waals surface area (Å²) in [7, 11) is -3.80. The van der Waals surface area contributed by atoms with Gasteiger partial charge in [-0.25, -0.2) is 18.4 Å². The number of hydrogen-bond donors (Lipinski definition) is 2. The topological polar surface area (TPSA) is 143 Å². The molecule has 11 heteroatoms. The predicted molar refractivity (Wildman–Crippen MR) is 123 cm³/mol. The average Bonchev–Trinajstić information content (AvgIpc) is 3.34. The molecule has 0 aliphatic carbocycles. The monoisotopic (exact) mass is 485 g/mol. The Morgan fingerprint density at radius 2 is 1.85 bits per heavy atom. The molecule has 1 amide bonds. The maximum Gasteiger partial charge on any atom is 0.337 e. The van der Waals surface area contributed by atoms with Crippen molar-refractivity contribution in [2.24, 2.45) is 10.2 Å². The second kappa shape index (κ2) is 8.32. The van der Waals surface area contributed by atoms with Gasteiger partial charge in [0, 0.05) is 5.56 Å². The quantitative estimate of drug-likeness (QED) is 0.527. The number of nitrogens with two attached hydrogens (primary N) is 1. The third-order valence-electron chi connectivity index (χ3n) is 4.87. The molecule has 33 heavy (non-hydrogen) atoms. The number of anilines is 1. The Labute approximate surface area is 193 Å². The van der Waals surface area contributed by atoms with Crippen LogP contribution in [0.5, 0.6) is 0 Å². The molecule has 0 saturated carbocycles. The van der Waals surface area contributed by atoms with E-state index in [9.17, 15) is 23.1 Å². The zero-order valence-corrected chi connectivity index (χ0v) is 18.6. The molecule has 3 N–H and O–H groups in total. The number of amides is 1. The van der Waals surface area contributed by atoms with Gasteiger partial charge in [0.25, 0.3) is 5.91 Å². The number of carbonyl (C=O) groups excluding carboxylic acids is 1. The lowest BCUT2D eigenvalue weighted by molar-refractivity contribution is -0.114. The molecule has 0 bridgehead atoms. The molecule has 2 aromatic carbocycles. The van der Waals surface area contributed by atoms with Crippen LogP contribution in [0.15, 0.2) is 74.6 Å². The molecule has 0 radical (unpaired) electrons. The number of benzene rings is 2. The summed E-state index contributed by atoms with van der Waals surface area (Å²) in [5.41, 5.74) is 1.43. The second-order valence-corrected chi connectivity index (χ2v) is 9.07. The summed E-state index contributed by atoms with van der Waals surface area (Å²) in [6, 6.07) is 13.4. The van der Waals surface area contributed by atoms with Crippen molar-refractivity contribution in [2.45, 2.75) is 11.8 Å². The lowest BCUT2D eigenvalue weighted by Crippen LogP contribution is -2.21. The number of hydrogen-bond acceptors (Lipinski definition) is 6. The minimum atomic E-state index is -3.80. The highest BCUT2D eigenvalue weighted by Crippen LogP contribution is 2.30. The molecule has 3 aromatic rings. The zero-order chi connectivity index (χ0) is 23.9. The Hall–Kier alpha value is -3.73. The number of sulfonamides is 1. The van der Waals surface area contributed by atoms with Crippen LogP contribution >= 0.6 is 11.6 Å². The van der Waals surface area contributed by atoms with Gasteiger partial charge >= 0.3 is 5.97 Å². The van der Waals surface area contributed by atoms with Gasteiger partial charge in [-0.3, -0.25) is 4.79 Å². The highest BCUT2D eigenvalue weighted by atomic mass is 35.5. The maximum absolute atomic E-state index is 12.9. The van der Waals surface area contributed by atoms with E-state index < -0.39 is 21.9 Å². The van der Waals surface area contributed by atoms with E-state index in [4.69, 9.17) is 21.2 Å². The average molecular weight is 486 g/mol. The maximum atomic E-state index is 12.9. The van der Waals surface area contributed by atoms with E-state index in [-0.39, 0.29) is 26.7 Å². The summed E-state index contributed by atoms with van der Waals surface area (Å²) in [5.74, 6) is -0.835. The summed E-state index contributed by atoms with van der Waals surface area (Å²) >= 11 is 5.90. The fourth-order valence-electron chi connectivity index (χ4n) is 3.20. The van der Waals surface area contributed by atoms with Crippen LogP contribution in [0.3, 0.4) is 0 Å². The number of nitrogens with zero attached hydrogens (tertiary/aromatic N) is 2. The number of hydrazone groups is 1. The molecule has 0 spiro atoms. The number of aromatic carboxylic acids is 1. The van der Waals surface area contributed by atoms with Crippen LogP contribution in [-0.4, -0.2) is 31.1 Å². The Morgan fingerprint density at radius 1 is 1.15 bits per heavy atom. The molecule has 2 heterocycles. The van der Waals surface area contributed by atoms with Gasteiger partial charge in [-0.05, 0) is 67.6 Å². The van der Waals surface area contributed by atoms with Gasteiger partial charge in [0.15, 0.2) is 0 Å². The van der Waals surface area contributed by atoms with Gasteiger partial charge in [0.1, 0.15) is 11.5 Å².